The van der Waals surface area contributed by atoms with Crippen LogP contribution in [0.5, 0.6) is 0 Å². The number of carboxylic acid groups (broad SMARTS) is 1. The molecule has 0 saturated carbocycles. The summed E-state index contributed by atoms with van der Waals surface area (Å²) in [5.74, 6) is -1.25. The van der Waals surface area contributed by atoms with Crippen LogP contribution in [-0.4, -0.2) is 29.1 Å². The number of hydrogen-bond donors (Lipinski definition) is 1. The van der Waals surface area contributed by atoms with E-state index in [4.69, 9.17) is 5.11 Å². The predicted octanol–water partition coefficient (Wildman–Crippen LogP) is 3.03. The maximum atomic E-state index is 12.6. The number of alkyl halides is 3. The number of hydrogen-bond acceptors (Lipinski definition) is 2. The maximum absolute atomic E-state index is 12.6. The first-order chi connectivity index (χ1) is 8.86. The molecule has 0 spiro atoms. The first-order valence-electron chi connectivity index (χ1n) is 5.97. The molecule has 1 atom stereocenters. The molecule has 0 bridgehead atoms. The van der Waals surface area contributed by atoms with Crippen molar-refractivity contribution in [3.8, 4) is 0 Å². The minimum Gasteiger partial charge on any atom is -0.481 e. The third-order valence-electron chi connectivity index (χ3n) is 3.28. The molecule has 1 saturated heterocycles. The summed E-state index contributed by atoms with van der Waals surface area (Å²) in [4.78, 5) is 12.7. The smallest absolute Gasteiger partial charge is 0.416 e. The van der Waals surface area contributed by atoms with Gasteiger partial charge in [-0.05, 0) is 24.6 Å². The minimum atomic E-state index is -4.34. The monoisotopic (exact) mass is 309 g/mol. The van der Waals surface area contributed by atoms with E-state index in [1.165, 1.54) is 6.07 Å². The van der Waals surface area contributed by atoms with Crippen molar-refractivity contribution in [2.24, 2.45) is 5.92 Å². The van der Waals surface area contributed by atoms with Crippen LogP contribution in [-0.2, 0) is 17.5 Å². The lowest BCUT2D eigenvalue weighted by Gasteiger charge is -2.16. The normalized spacial score (nSPS) is 19.6. The number of rotatable bonds is 3. The van der Waals surface area contributed by atoms with E-state index in [1.54, 1.807) is 6.07 Å². The Morgan fingerprint density at radius 3 is 2.65 bits per heavy atom. The molecule has 0 aliphatic carbocycles. The topological polar surface area (TPSA) is 40.5 Å². The SMILES string of the molecule is Cl.O=C(O)C1CCN(Cc2cccc(C(F)(F)F)c2)C1. The van der Waals surface area contributed by atoms with Gasteiger partial charge in [0.1, 0.15) is 0 Å². The van der Waals surface area contributed by atoms with Crippen molar-refractivity contribution in [3.63, 3.8) is 0 Å². The van der Waals surface area contributed by atoms with E-state index in [1.807, 2.05) is 4.90 Å². The minimum absolute atomic E-state index is 0. The summed E-state index contributed by atoms with van der Waals surface area (Å²) in [7, 11) is 0. The summed E-state index contributed by atoms with van der Waals surface area (Å²) >= 11 is 0. The first-order valence-corrected chi connectivity index (χ1v) is 5.97. The molecule has 112 valence electrons. The molecule has 1 heterocycles. The van der Waals surface area contributed by atoms with Crippen LogP contribution in [0.2, 0.25) is 0 Å². The van der Waals surface area contributed by atoms with Crippen molar-refractivity contribution in [1.29, 1.82) is 0 Å². The Morgan fingerprint density at radius 1 is 1.40 bits per heavy atom. The summed E-state index contributed by atoms with van der Waals surface area (Å²) in [6.07, 6.45) is -3.79. The Balaban J connectivity index is 0.00000200. The molecule has 0 aromatic heterocycles. The van der Waals surface area contributed by atoms with E-state index in [-0.39, 0.29) is 12.4 Å². The number of carboxylic acids is 1. The zero-order chi connectivity index (χ0) is 14.0. The quantitative estimate of drug-likeness (QED) is 0.933. The predicted molar refractivity (Wildman–Crippen MR) is 69.7 cm³/mol. The van der Waals surface area contributed by atoms with E-state index in [9.17, 15) is 18.0 Å². The lowest BCUT2D eigenvalue weighted by Crippen LogP contribution is -2.23. The lowest BCUT2D eigenvalue weighted by molar-refractivity contribution is -0.141. The fraction of sp³-hybridized carbons (Fsp3) is 0.462. The van der Waals surface area contributed by atoms with Crippen molar-refractivity contribution in [3.05, 3.63) is 35.4 Å². The van der Waals surface area contributed by atoms with Crippen LogP contribution in [0.3, 0.4) is 0 Å². The van der Waals surface area contributed by atoms with Crippen molar-refractivity contribution in [2.45, 2.75) is 19.1 Å². The van der Waals surface area contributed by atoms with Crippen LogP contribution >= 0.6 is 12.4 Å². The van der Waals surface area contributed by atoms with Gasteiger partial charge in [0.15, 0.2) is 0 Å². The van der Waals surface area contributed by atoms with Gasteiger partial charge in [-0.3, -0.25) is 9.69 Å². The number of halogens is 4. The Labute approximate surface area is 120 Å². The van der Waals surface area contributed by atoms with E-state index in [0.717, 1.165) is 12.1 Å². The standard InChI is InChI=1S/C13H14F3NO2.ClH/c14-13(15,16)11-3-1-2-9(6-11)7-17-5-4-10(8-17)12(18)19;/h1-3,6,10H,4-5,7-8H2,(H,18,19);1H. The Morgan fingerprint density at radius 2 is 2.10 bits per heavy atom. The van der Waals surface area contributed by atoms with Crippen molar-refractivity contribution < 1.29 is 23.1 Å². The highest BCUT2D eigenvalue weighted by Crippen LogP contribution is 2.30. The second-order valence-electron chi connectivity index (χ2n) is 4.76. The van der Waals surface area contributed by atoms with Crippen LogP contribution < -0.4 is 0 Å². The molecule has 1 fully saturated rings. The van der Waals surface area contributed by atoms with Crippen molar-refractivity contribution in [2.75, 3.05) is 13.1 Å². The van der Waals surface area contributed by atoms with E-state index in [0.29, 0.717) is 31.6 Å². The summed E-state index contributed by atoms with van der Waals surface area (Å²) in [5.41, 5.74) is -0.111. The average Bonchev–Trinajstić information content (AvgIpc) is 2.77. The van der Waals surface area contributed by atoms with Crippen LogP contribution in [0.15, 0.2) is 24.3 Å². The number of likely N-dealkylation sites (tertiary alicyclic amines) is 1. The summed E-state index contributed by atoms with van der Waals surface area (Å²) in [5, 5.41) is 8.87. The van der Waals surface area contributed by atoms with Gasteiger partial charge in [-0.15, -0.1) is 12.4 Å². The molecule has 1 unspecified atom stereocenters. The summed E-state index contributed by atoms with van der Waals surface area (Å²) in [6, 6.07) is 5.16. The van der Waals surface area contributed by atoms with Gasteiger partial charge in [-0.2, -0.15) is 13.2 Å². The average molecular weight is 310 g/mol. The van der Waals surface area contributed by atoms with Gasteiger partial charge in [0.25, 0.3) is 0 Å². The molecule has 0 amide bonds. The van der Waals surface area contributed by atoms with Crippen LogP contribution in [0.25, 0.3) is 0 Å². The largest absolute Gasteiger partial charge is 0.481 e. The van der Waals surface area contributed by atoms with Crippen molar-refractivity contribution in [1.82, 2.24) is 4.90 Å². The number of benzene rings is 1. The van der Waals surface area contributed by atoms with Gasteiger partial charge < -0.3 is 5.11 Å². The Kier molecular flexibility index (Phi) is 5.42. The first kappa shape index (κ1) is 16.8. The van der Waals surface area contributed by atoms with E-state index >= 15 is 0 Å². The maximum Gasteiger partial charge on any atom is 0.416 e. The van der Waals surface area contributed by atoms with E-state index < -0.39 is 23.6 Å². The highest BCUT2D eigenvalue weighted by atomic mass is 35.5. The zero-order valence-corrected chi connectivity index (χ0v) is 11.4. The molecule has 1 aliphatic heterocycles. The second kappa shape index (κ2) is 6.45. The second-order valence-corrected chi connectivity index (χ2v) is 4.76. The highest BCUT2D eigenvalue weighted by molar-refractivity contribution is 5.85. The molecule has 1 aliphatic rings. The highest BCUT2D eigenvalue weighted by Gasteiger charge is 2.31. The fourth-order valence-corrected chi connectivity index (χ4v) is 2.28. The Hall–Kier alpha value is -1.27. The number of carbonyl (C=O) groups is 1. The van der Waals surface area contributed by atoms with Gasteiger partial charge >= 0.3 is 12.1 Å². The van der Waals surface area contributed by atoms with Gasteiger partial charge in [0.2, 0.25) is 0 Å². The molecule has 7 heteroatoms. The summed E-state index contributed by atoms with van der Waals surface area (Å²) < 4.78 is 37.7. The fourth-order valence-electron chi connectivity index (χ4n) is 2.28. The zero-order valence-electron chi connectivity index (χ0n) is 10.6. The van der Waals surface area contributed by atoms with Gasteiger partial charge in [-0.1, -0.05) is 18.2 Å². The third kappa shape index (κ3) is 4.11. The van der Waals surface area contributed by atoms with E-state index in [2.05, 4.69) is 0 Å². The molecule has 2 rings (SSSR count). The lowest BCUT2D eigenvalue weighted by atomic mass is 10.1. The number of aliphatic carboxylic acids is 1. The van der Waals surface area contributed by atoms with Crippen molar-refractivity contribution >= 4 is 18.4 Å². The Bertz CT molecular complexity index is 479. The molecule has 3 nitrogen and oxygen atoms in total. The van der Waals surface area contributed by atoms with Gasteiger partial charge in [0, 0.05) is 13.1 Å². The molecule has 1 aromatic rings. The summed E-state index contributed by atoms with van der Waals surface area (Å²) in [6.45, 7) is 1.35. The third-order valence-corrected chi connectivity index (χ3v) is 3.28. The van der Waals surface area contributed by atoms with Crippen LogP contribution in [0, 0.1) is 5.92 Å². The van der Waals surface area contributed by atoms with Crippen LogP contribution in [0.4, 0.5) is 13.2 Å². The van der Waals surface area contributed by atoms with Crippen LogP contribution in [0.1, 0.15) is 17.5 Å². The molecule has 20 heavy (non-hydrogen) atoms. The molecule has 1 aromatic carbocycles. The molecule has 1 N–H and O–H groups in total. The molecular formula is C13H15ClF3NO2. The van der Waals surface area contributed by atoms with Gasteiger partial charge in [-0.25, -0.2) is 0 Å². The molecule has 0 radical (unpaired) electrons. The molecular weight excluding hydrogens is 295 g/mol. The number of nitrogens with zero attached hydrogens (tertiary/aromatic N) is 1. The van der Waals surface area contributed by atoms with Gasteiger partial charge in [0.05, 0.1) is 11.5 Å².